The van der Waals surface area contributed by atoms with Gasteiger partial charge in [-0.25, -0.2) is 14.4 Å². The third-order valence-corrected chi connectivity index (χ3v) is 4.35. The van der Waals surface area contributed by atoms with Crippen molar-refractivity contribution >= 4 is 17.1 Å². The van der Waals surface area contributed by atoms with Gasteiger partial charge < -0.3 is 14.2 Å². The molecular weight excluding hydrogens is 323 g/mol. The van der Waals surface area contributed by atoms with Crippen molar-refractivity contribution in [2.45, 2.75) is 12.5 Å². The molecule has 7 heteroatoms. The standard InChI is InChI=1S/C18H17FN4O2/c1-22-11-21-16-8-12(9-20-17(16)22)18(24)23-7-6-15(10-23)25-14-4-2-13(19)3-5-14/h2-5,8-9,11,15H,6-7,10H2,1H3. The molecule has 3 aromatic rings. The largest absolute Gasteiger partial charge is 0.489 e. The van der Waals surface area contributed by atoms with Crippen LogP contribution in [0.25, 0.3) is 11.2 Å². The predicted octanol–water partition coefficient (Wildman–Crippen LogP) is 2.40. The number of nitrogens with zero attached hydrogens (tertiary/aromatic N) is 4. The van der Waals surface area contributed by atoms with E-state index in [9.17, 15) is 9.18 Å². The van der Waals surface area contributed by atoms with Crippen molar-refractivity contribution in [1.29, 1.82) is 0 Å². The lowest BCUT2D eigenvalue weighted by Gasteiger charge is -2.17. The van der Waals surface area contributed by atoms with E-state index in [1.165, 1.54) is 12.1 Å². The summed E-state index contributed by atoms with van der Waals surface area (Å²) in [6, 6.07) is 7.68. The fourth-order valence-electron chi connectivity index (χ4n) is 3.03. The summed E-state index contributed by atoms with van der Waals surface area (Å²) in [5, 5.41) is 0. The second kappa shape index (κ2) is 6.16. The first kappa shape index (κ1) is 15.6. The van der Waals surface area contributed by atoms with E-state index in [0.717, 1.165) is 12.1 Å². The van der Waals surface area contributed by atoms with Gasteiger partial charge >= 0.3 is 0 Å². The van der Waals surface area contributed by atoms with Crippen molar-refractivity contribution in [1.82, 2.24) is 19.4 Å². The van der Waals surface area contributed by atoms with Crippen molar-refractivity contribution in [2.24, 2.45) is 7.05 Å². The first-order valence-electron chi connectivity index (χ1n) is 8.09. The molecule has 0 spiro atoms. The van der Waals surface area contributed by atoms with E-state index < -0.39 is 0 Å². The molecule has 25 heavy (non-hydrogen) atoms. The smallest absolute Gasteiger partial charge is 0.255 e. The van der Waals surface area contributed by atoms with E-state index in [-0.39, 0.29) is 17.8 Å². The zero-order valence-electron chi connectivity index (χ0n) is 13.7. The van der Waals surface area contributed by atoms with Gasteiger partial charge in [0.05, 0.1) is 18.4 Å². The summed E-state index contributed by atoms with van der Waals surface area (Å²) in [7, 11) is 1.86. The number of amides is 1. The summed E-state index contributed by atoms with van der Waals surface area (Å²) in [5.74, 6) is 0.232. The maximum Gasteiger partial charge on any atom is 0.255 e. The molecule has 0 bridgehead atoms. The molecule has 0 saturated carbocycles. The van der Waals surface area contributed by atoms with Gasteiger partial charge in [0.25, 0.3) is 5.91 Å². The molecular formula is C18H17FN4O2. The van der Waals surface area contributed by atoms with Crippen molar-refractivity contribution in [2.75, 3.05) is 13.1 Å². The molecule has 1 fully saturated rings. The zero-order valence-corrected chi connectivity index (χ0v) is 13.7. The van der Waals surface area contributed by atoms with Crippen LogP contribution in [0, 0.1) is 5.82 Å². The monoisotopic (exact) mass is 340 g/mol. The third-order valence-electron chi connectivity index (χ3n) is 4.35. The number of carbonyl (C=O) groups excluding carboxylic acids is 1. The van der Waals surface area contributed by atoms with E-state index in [1.54, 1.807) is 35.6 Å². The molecule has 0 radical (unpaired) electrons. The molecule has 1 aromatic carbocycles. The van der Waals surface area contributed by atoms with Gasteiger partial charge in [-0.1, -0.05) is 0 Å². The SMILES string of the molecule is Cn1cnc2cc(C(=O)N3CCC(Oc4ccc(F)cc4)C3)cnc21. The second-order valence-corrected chi connectivity index (χ2v) is 6.16. The molecule has 4 rings (SSSR count). The van der Waals surface area contributed by atoms with Gasteiger partial charge in [0.1, 0.15) is 23.2 Å². The zero-order chi connectivity index (χ0) is 17.4. The van der Waals surface area contributed by atoms with Crippen LogP contribution in [0.3, 0.4) is 0 Å². The number of likely N-dealkylation sites (tertiary alicyclic amines) is 1. The van der Waals surface area contributed by atoms with Gasteiger partial charge in [-0.2, -0.15) is 0 Å². The summed E-state index contributed by atoms with van der Waals surface area (Å²) in [5.41, 5.74) is 1.97. The Bertz CT molecular complexity index is 922. The summed E-state index contributed by atoms with van der Waals surface area (Å²) < 4.78 is 20.6. The number of imidazole rings is 1. The van der Waals surface area contributed by atoms with E-state index >= 15 is 0 Å². The van der Waals surface area contributed by atoms with Gasteiger partial charge in [0, 0.05) is 26.2 Å². The number of aromatic nitrogens is 3. The highest BCUT2D eigenvalue weighted by Gasteiger charge is 2.28. The minimum absolute atomic E-state index is 0.0785. The third kappa shape index (κ3) is 3.05. The fraction of sp³-hybridized carbons (Fsp3) is 0.278. The van der Waals surface area contributed by atoms with E-state index in [1.807, 2.05) is 11.6 Å². The molecule has 0 N–H and O–H groups in total. The van der Waals surface area contributed by atoms with Crippen molar-refractivity contribution in [3.63, 3.8) is 0 Å². The van der Waals surface area contributed by atoms with Crippen LogP contribution in [0.2, 0.25) is 0 Å². The lowest BCUT2D eigenvalue weighted by Crippen LogP contribution is -2.31. The fourth-order valence-corrected chi connectivity index (χ4v) is 3.03. The quantitative estimate of drug-likeness (QED) is 0.735. The van der Waals surface area contributed by atoms with E-state index in [0.29, 0.717) is 29.9 Å². The van der Waals surface area contributed by atoms with Crippen LogP contribution >= 0.6 is 0 Å². The van der Waals surface area contributed by atoms with Crippen LogP contribution in [0.4, 0.5) is 4.39 Å². The molecule has 0 aliphatic carbocycles. The lowest BCUT2D eigenvalue weighted by molar-refractivity contribution is 0.0772. The maximum atomic E-state index is 12.9. The predicted molar refractivity (Wildman–Crippen MR) is 89.8 cm³/mol. The second-order valence-electron chi connectivity index (χ2n) is 6.16. The topological polar surface area (TPSA) is 60.2 Å². The molecule has 2 aromatic heterocycles. The van der Waals surface area contributed by atoms with Crippen molar-refractivity contribution < 1.29 is 13.9 Å². The summed E-state index contributed by atoms with van der Waals surface area (Å²) in [6.45, 7) is 1.11. The van der Waals surface area contributed by atoms with Crippen LogP contribution in [-0.4, -0.2) is 44.5 Å². The summed E-state index contributed by atoms with van der Waals surface area (Å²) >= 11 is 0. The lowest BCUT2D eigenvalue weighted by atomic mass is 10.2. The number of aryl methyl sites for hydroxylation is 1. The molecule has 1 aliphatic heterocycles. The van der Waals surface area contributed by atoms with Crippen molar-refractivity contribution in [3.05, 3.63) is 54.2 Å². The first-order valence-corrected chi connectivity index (χ1v) is 8.09. The Morgan fingerprint density at radius 1 is 1.28 bits per heavy atom. The number of halogens is 1. The Morgan fingerprint density at radius 3 is 2.88 bits per heavy atom. The van der Waals surface area contributed by atoms with Gasteiger partial charge in [-0.15, -0.1) is 0 Å². The molecule has 1 unspecified atom stereocenters. The molecule has 6 nitrogen and oxygen atoms in total. The number of benzene rings is 1. The van der Waals surface area contributed by atoms with E-state index in [2.05, 4.69) is 9.97 Å². The normalized spacial score (nSPS) is 17.2. The van der Waals surface area contributed by atoms with Gasteiger partial charge in [0.15, 0.2) is 5.65 Å². The molecule has 1 amide bonds. The van der Waals surface area contributed by atoms with E-state index in [4.69, 9.17) is 4.74 Å². The van der Waals surface area contributed by atoms with Gasteiger partial charge in [-0.3, -0.25) is 4.79 Å². The Morgan fingerprint density at radius 2 is 2.08 bits per heavy atom. The highest BCUT2D eigenvalue weighted by Crippen LogP contribution is 2.21. The number of ether oxygens (including phenoxy) is 1. The number of carbonyl (C=O) groups is 1. The molecule has 3 heterocycles. The highest BCUT2D eigenvalue weighted by molar-refractivity contribution is 5.96. The molecule has 1 saturated heterocycles. The molecule has 128 valence electrons. The van der Waals surface area contributed by atoms with Crippen LogP contribution in [0.15, 0.2) is 42.9 Å². The Hall–Kier alpha value is -2.96. The number of hydrogen-bond donors (Lipinski definition) is 0. The minimum atomic E-state index is -0.298. The molecule has 1 aliphatic rings. The van der Waals surface area contributed by atoms with Crippen LogP contribution in [-0.2, 0) is 7.05 Å². The average Bonchev–Trinajstić information content (AvgIpc) is 3.23. The Kier molecular flexibility index (Phi) is 3.83. The first-order chi connectivity index (χ1) is 12.1. The van der Waals surface area contributed by atoms with Crippen LogP contribution < -0.4 is 4.74 Å². The van der Waals surface area contributed by atoms with Gasteiger partial charge in [0.2, 0.25) is 0 Å². The maximum absolute atomic E-state index is 12.9. The molecule has 1 atom stereocenters. The highest BCUT2D eigenvalue weighted by atomic mass is 19.1. The number of pyridine rings is 1. The summed E-state index contributed by atoms with van der Waals surface area (Å²) in [6.07, 6.45) is 3.90. The number of rotatable bonds is 3. The Balaban J connectivity index is 1.44. The summed E-state index contributed by atoms with van der Waals surface area (Å²) in [4.78, 5) is 23.0. The van der Waals surface area contributed by atoms with Crippen molar-refractivity contribution in [3.8, 4) is 5.75 Å². The average molecular weight is 340 g/mol. The van der Waals surface area contributed by atoms with Crippen LogP contribution in [0.1, 0.15) is 16.8 Å². The van der Waals surface area contributed by atoms with Crippen LogP contribution in [0.5, 0.6) is 5.75 Å². The number of fused-ring (bicyclic) bond motifs is 1. The minimum Gasteiger partial charge on any atom is -0.489 e. The van der Waals surface area contributed by atoms with Gasteiger partial charge in [-0.05, 0) is 30.3 Å². The Labute approximate surface area is 143 Å². The number of hydrogen-bond acceptors (Lipinski definition) is 4.